The molecule has 2 unspecified atom stereocenters. The van der Waals surface area contributed by atoms with Crippen LogP contribution in [0.2, 0.25) is 0 Å². The van der Waals surface area contributed by atoms with E-state index in [2.05, 4.69) is 15.9 Å². The van der Waals surface area contributed by atoms with Gasteiger partial charge in [0.05, 0.1) is 4.83 Å². The van der Waals surface area contributed by atoms with Crippen LogP contribution < -0.4 is 0 Å². The zero-order valence-electron chi connectivity index (χ0n) is 9.88. The molecule has 2 atom stereocenters. The largest absolute Gasteiger partial charge is 0.479 e. The number of hydrogen-bond donors (Lipinski definition) is 2. The summed E-state index contributed by atoms with van der Waals surface area (Å²) in [6.07, 6.45) is 0.190. The second kappa shape index (κ2) is 6.36. The van der Waals surface area contributed by atoms with E-state index in [9.17, 15) is 14.7 Å². The number of hydrogen-bond acceptors (Lipinski definition) is 4. The van der Waals surface area contributed by atoms with E-state index < -0.39 is 16.9 Å². The third-order valence-electron chi connectivity index (χ3n) is 2.44. The van der Waals surface area contributed by atoms with Crippen LogP contribution in [0, 0.1) is 0 Å². The van der Waals surface area contributed by atoms with Gasteiger partial charge in [0, 0.05) is 10.5 Å². The number of halogens is 1. The minimum atomic E-state index is -1.58. The molecule has 0 amide bonds. The van der Waals surface area contributed by atoms with Gasteiger partial charge >= 0.3 is 5.97 Å². The van der Waals surface area contributed by atoms with Crippen LogP contribution in [0.25, 0.3) is 0 Å². The molecule has 0 saturated carbocycles. The maximum Gasteiger partial charge on any atom is 0.337 e. The minimum Gasteiger partial charge on any atom is -0.479 e. The molecule has 0 saturated heterocycles. The molecule has 1 aromatic carbocycles. The number of carboxylic acid groups (broad SMARTS) is 1. The van der Waals surface area contributed by atoms with Gasteiger partial charge in [0.15, 0.2) is 6.10 Å². The first-order valence-electron chi connectivity index (χ1n) is 5.12. The Morgan fingerprint density at radius 3 is 2.33 bits per heavy atom. The van der Waals surface area contributed by atoms with Crippen LogP contribution in [0.15, 0.2) is 23.1 Å². The van der Waals surface area contributed by atoms with Gasteiger partial charge in [-0.05, 0) is 18.7 Å². The lowest BCUT2D eigenvalue weighted by Gasteiger charge is -2.17. The van der Waals surface area contributed by atoms with Crippen LogP contribution in [-0.2, 0) is 9.59 Å². The topological polar surface area (TPSA) is 74.6 Å². The van der Waals surface area contributed by atoms with E-state index in [1.807, 2.05) is 0 Å². The van der Waals surface area contributed by atoms with E-state index in [-0.39, 0.29) is 5.78 Å². The Kier molecular flexibility index (Phi) is 5.37. The lowest BCUT2D eigenvalue weighted by molar-refractivity contribution is -0.147. The first-order valence-corrected chi connectivity index (χ1v) is 7.26. The van der Waals surface area contributed by atoms with Crippen molar-refractivity contribution in [2.45, 2.75) is 22.8 Å². The second-order valence-electron chi connectivity index (χ2n) is 3.68. The van der Waals surface area contributed by atoms with Crippen molar-refractivity contribution < 1.29 is 19.8 Å². The zero-order valence-corrected chi connectivity index (χ0v) is 12.3. The van der Waals surface area contributed by atoms with E-state index in [1.165, 1.54) is 18.7 Å². The van der Waals surface area contributed by atoms with E-state index in [1.54, 1.807) is 24.5 Å². The molecule has 0 aliphatic carbocycles. The van der Waals surface area contributed by atoms with E-state index in [0.29, 0.717) is 16.0 Å². The van der Waals surface area contributed by atoms with Crippen LogP contribution in [0.3, 0.4) is 0 Å². The first-order chi connectivity index (χ1) is 8.40. The molecule has 0 heterocycles. The number of benzene rings is 1. The number of aliphatic hydroxyl groups excluding tert-OH is 1. The highest BCUT2D eigenvalue weighted by molar-refractivity contribution is 9.09. The van der Waals surface area contributed by atoms with Crippen molar-refractivity contribution in [2.75, 3.05) is 6.26 Å². The Balaban J connectivity index is 3.34. The maximum atomic E-state index is 11.4. The smallest absolute Gasteiger partial charge is 0.337 e. The summed E-state index contributed by atoms with van der Waals surface area (Å²) in [5.41, 5.74) is 0.978. The number of carbonyl (C=O) groups excluding carboxylic acids is 1. The highest BCUT2D eigenvalue weighted by atomic mass is 79.9. The Labute approximate surface area is 118 Å². The van der Waals surface area contributed by atoms with Crippen LogP contribution in [0.4, 0.5) is 0 Å². The molecule has 0 aromatic heterocycles. The molecular formula is C12H13BrO4S. The monoisotopic (exact) mass is 332 g/mol. The maximum absolute atomic E-state index is 11.4. The number of aliphatic hydroxyl groups is 1. The zero-order chi connectivity index (χ0) is 13.9. The van der Waals surface area contributed by atoms with Gasteiger partial charge in [-0.3, -0.25) is 4.79 Å². The summed E-state index contributed by atoms with van der Waals surface area (Å²) >= 11 is 4.58. The molecule has 4 nitrogen and oxygen atoms in total. The number of Topliss-reactive ketones (excluding diaryl/α,β-unsaturated/α-hetero) is 1. The van der Waals surface area contributed by atoms with E-state index in [4.69, 9.17) is 5.11 Å². The van der Waals surface area contributed by atoms with Crippen molar-refractivity contribution in [1.29, 1.82) is 0 Å². The van der Waals surface area contributed by atoms with Crippen LogP contribution >= 0.6 is 27.7 Å². The lowest BCUT2D eigenvalue weighted by Crippen LogP contribution is -2.13. The standard InChI is InChI=1S/C12H13BrO4S/c1-6(14)9(13)7-4-3-5-8(11(7)18-2)10(15)12(16)17/h3-5,9-10,15H,1-2H3,(H,16,17). The highest BCUT2D eigenvalue weighted by Crippen LogP contribution is 2.36. The fourth-order valence-corrected chi connectivity index (χ4v) is 2.95. The second-order valence-corrected chi connectivity index (χ2v) is 5.42. The predicted molar refractivity (Wildman–Crippen MR) is 73.2 cm³/mol. The van der Waals surface area contributed by atoms with Crippen LogP contribution in [0.5, 0.6) is 0 Å². The summed E-state index contributed by atoms with van der Waals surface area (Å²) < 4.78 is 0. The number of carboxylic acids is 1. The molecule has 6 heteroatoms. The van der Waals surface area contributed by atoms with Gasteiger partial charge in [0.25, 0.3) is 0 Å². The average Bonchev–Trinajstić information content (AvgIpc) is 2.35. The molecule has 18 heavy (non-hydrogen) atoms. The average molecular weight is 333 g/mol. The van der Waals surface area contributed by atoms with Crippen molar-refractivity contribution in [2.24, 2.45) is 0 Å². The van der Waals surface area contributed by atoms with Gasteiger partial charge in [-0.25, -0.2) is 4.79 Å². The quantitative estimate of drug-likeness (QED) is 0.640. The molecular weight excluding hydrogens is 320 g/mol. The van der Waals surface area contributed by atoms with Gasteiger partial charge < -0.3 is 10.2 Å². The number of carbonyl (C=O) groups is 2. The van der Waals surface area contributed by atoms with Crippen LogP contribution in [0.1, 0.15) is 29.0 Å². The molecule has 98 valence electrons. The van der Waals surface area contributed by atoms with Gasteiger partial charge in [-0.15, -0.1) is 11.8 Å². The van der Waals surface area contributed by atoms with Gasteiger partial charge in [-0.2, -0.15) is 0 Å². The molecule has 1 aromatic rings. The number of thioether (sulfide) groups is 1. The van der Waals surface area contributed by atoms with Crippen molar-refractivity contribution in [3.63, 3.8) is 0 Å². The molecule has 0 radical (unpaired) electrons. The third kappa shape index (κ3) is 3.13. The summed E-state index contributed by atoms with van der Waals surface area (Å²) in [5, 5.41) is 18.5. The van der Waals surface area contributed by atoms with Gasteiger partial charge in [-0.1, -0.05) is 34.1 Å². The number of aliphatic carboxylic acids is 1. The molecule has 0 aliphatic heterocycles. The summed E-state index contributed by atoms with van der Waals surface area (Å²) in [6, 6.07) is 4.92. The SMILES string of the molecule is CSc1c(C(O)C(=O)O)cccc1C(Br)C(C)=O. The third-order valence-corrected chi connectivity index (χ3v) is 4.46. The Morgan fingerprint density at radius 2 is 1.89 bits per heavy atom. The molecule has 1 rings (SSSR count). The summed E-state index contributed by atoms with van der Waals surface area (Å²) in [4.78, 5) is 22.4. The Hall–Kier alpha value is -0.850. The first kappa shape index (κ1) is 15.2. The lowest BCUT2D eigenvalue weighted by atomic mass is 10.0. The van der Waals surface area contributed by atoms with Crippen molar-refractivity contribution >= 4 is 39.4 Å². The highest BCUT2D eigenvalue weighted by Gasteiger charge is 2.24. The predicted octanol–water partition coefficient (Wildman–Crippen LogP) is 2.55. The van der Waals surface area contributed by atoms with E-state index in [0.717, 1.165) is 0 Å². The molecule has 0 aliphatic rings. The van der Waals surface area contributed by atoms with E-state index >= 15 is 0 Å². The number of ketones is 1. The Bertz CT molecular complexity index is 437. The van der Waals surface area contributed by atoms with Crippen molar-refractivity contribution in [3.8, 4) is 0 Å². The molecule has 2 N–H and O–H groups in total. The van der Waals surface area contributed by atoms with Crippen LogP contribution in [-0.4, -0.2) is 28.2 Å². The van der Waals surface area contributed by atoms with Gasteiger partial charge in [0.1, 0.15) is 5.78 Å². The summed E-state index contributed by atoms with van der Waals surface area (Å²) in [6.45, 7) is 1.45. The molecule has 0 spiro atoms. The van der Waals surface area contributed by atoms with Gasteiger partial charge in [0.2, 0.25) is 0 Å². The number of rotatable bonds is 5. The molecule has 0 bridgehead atoms. The fraction of sp³-hybridized carbons (Fsp3) is 0.333. The minimum absolute atomic E-state index is 0.0766. The summed E-state index contributed by atoms with van der Waals surface area (Å²) in [7, 11) is 0. The number of alkyl halides is 1. The fourth-order valence-electron chi connectivity index (χ4n) is 1.58. The molecule has 0 fully saturated rings. The normalized spacial score (nSPS) is 14.0. The summed E-state index contributed by atoms with van der Waals surface area (Å²) in [5.74, 6) is -1.39. The van der Waals surface area contributed by atoms with Crippen molar-refractivity contribution in [3.05, 3.63) is 29.3 Å². The van der Waals surface area contributed by atoms with Crippen molar-refractivity contribution in [1.82, 2.24) is 0 Å². The Morgan fingerprint density at radius 1 is 1.33 bits per heavy atom.